The minimum Gasteiger partial charge on any atom is -0.340 e. The number of amides is 1. The van der Waals surface area contributed by atoms with Crippen molar-refractivity contribution in [3.63, 3.8) is 0 Å². The van der Waals surface area contributed by atoms with Gasteiger partial charge in [0.15, 0.2) is 5.78 Å². The van der Waals surface area contributed by atoms with Crippen LogP contribution in [0, 0.1) is 5.92 Å². The average Bonchev–Trinajstić information content (AvgIpc) is 3.40. The van der Waals surface area contributed by atoms with Gasteiger partial charge in [0.25, 0.3) is 0 Å². The molecule has 2 aromatic rings. The Balaban J connectivity index is 1.36. The molecule has 4 rings (SSSR count). The molecule has 1 aliphatic heterocycles. The molecule has 8 nitrogen and oxygen atoms in total. The van der Waals surface area contributed by atoms with Gasteiger partial charge in [-0.15, -0.1) is 0 Å². The molecule has 1 aromatic carbocycles. The van der Waals surface area contributed by atoms with Gasteiger partial charge in [-0.1, -0.05) is 12.1 Å². The second kappa shape index (κ2) is 7.38. The van der Waals surface area contributed by atoms with Gasteiger partial charge in [-0.2, -0.15) is 9.40 Å². The van der Waals surface area contributed by atoms with Gasteiger partial charge in [-0.25, -0.2) is 8.42 Å². The minimum absolute atomic E-state index is 0.0264. The molecule has 2 aliphatic rings. The third-order valence-electron chi connectivity index (χ3n) is 5.71. The van der Waals surface area contributed by atoms with Crippen LogP contribution in [-0.4, -0.2) is 65.3 Å². The maximum absolute atomic E-state index is 12.9. The summed E-state index contributed by atoms with van der Waals surface area (Å²) in [5.41, 5.74) is 1.56. The van der Waals surface area contributed by atoms with E-state index in [1.807, 2.05) is 13.2 Å². The highest BCUT2D eigenvalue weighted by Gasteiger charge is 2.47. The quantitative estimate of drug-likeness (QED) is 0.684. The lowest BCUT2D eigenvalue weighted by molar-refractivity contribution is -0.133. The molecule has 0 N–H and O–H groups in total. The third kappa shape index (κ3) is 3.84. The van der Waals surface area contributed by atoms with Gasteiger partial charge in [0.1, 0.15) is 0 Å². The van der Waals surface area contributed by atoms with Gasteiger partial charge in [-0.05, 0) is 37.0 Å². The predicted octanol–water partition coefficient (Wildman–Crippen LogP) is 1.26. The van der Waals surface area contributed by atoms with Crippen LogP contribution in [0.5, 0.6) is 0 Å². The van der Waals surface area contributed by atoms with Crippen molar-refractivity contribution in [3.8, 4) is 0 Å². The first-order valence-electron chi connectivity index (χ1n) is 9.66. The normalized spacial score (nSPS) is 22.5. The van der Waals surface area contributed by atoms with E-state index in [4.69, 9.17) is 0 Å². The van der Waals surface area contributed by atoms with E-state index in [1.165, 1.54) is 35.5 Å². The van der Waals surface area contributed by atoms with Gasteiger partial charge >= 0.3 is 0 Å². The van der Waals surface area contributed by atoms with E-state index in [2.05, 4.69) is 5.10 Å². The van der Waals surface area contributed by atoms with E-state index >= 15 is 0 Å². The fraction of sp³-hybridized carbons (Fsp3) is 0.450. The van der Waals surface area contributed by atoms with Gasteiger partial charge in [0.2, 0.25) is 15.9 Å². The monoisotopic (exact) mass is 416 g/mol. The fourth-order valence-corrected chi connectivity index (χ4v) is 5.28. The molecule has 9 heteroatoms. The van der Waals surface area contributed by atoms with Gasteiger partial charge in [0.05, 0.1) is 11.1 Å². The fourth-order valence-electron chi connectivity index (χ4n) is 3.86. The molecule has 154 valence electrons. The molecule has 1 saturated carbocycles. The smallest absolute Gasteiger partial charge is 0.243 e. The van der Waals surface area contributed by atoms with E-state index in [9.17, 15) is 18.0 Å². The van der Waals surface area contributed by atoms with Gasteiger partial charge < -0.3 is 4.90 Å². The maximum Gasteiger partial charge on any atom is 0.243 e. The summed E-state index contributed by atoms with van der Waals surface area (Å²) < 4.78 is 28.9. The number of ketones is 1. The van der Waals surface area contributed by atoms with Crippen LogP contribution >= 0.6 is 0 Å². The molecule has 29 heavy (non-hydrogen) atoms. The second-order valence-electron chi connectivity index (χ2n) is 7.71. The highest BCUT2D eigenvalue weighted by molar-refractivity contribution is 7.89. The van der Waals surface area contributed by atoms with Crippen molar-refractivity contribution in [2.45, 2.75) is 24.2 Å². The summed E-state index contributed by atoms with van der Waals surface area (Å²) in [6.45, 7) is 2.76. The first-order chi connectivity index (χ1) is 13.8. The Kier molecular flexibility index (Phi) is 5.04. The Bertz CT molecular complexity index is 1040. The zero-order valence-electron chi connectivity index (χ0n) is 16.5. The summed E-state index contributed by atoms with van der Waals surface area (Å²) in [7, 11) is -1.78. The summed E-state index contributed by atoms with van der Waals surface area (Å²) >= 11 is 0. The number of aryl methyl sites for hydroxylation is 1. The summed E-state index contributed by atoms with van der Waals surface area (Å²) in [4.78, 5) is 26.1. The zero-order valence-corrected chi connectivity index (χ0v) is 17.3. The van der Waals surface area contributed by atoms with Crippen LogP contribution in [0.3, 0.4) is 0 Å². The Morgan fingerprint density at radius 3 is 2.28 bits per heavy atom. The summed E-state index contributed by atoms with van der Waals surface area (Å²) in [6.07, 6.45) is 4.57. The van der Waals surface area contributed by atoms with Crippen molar-refractivity contribution in [2.24, 2.45) is 13.0 Å². The first kappa shape index (κ1) is 19.8. The van der Waals surface area contributed by atoms with Crippen molar-refractivity contribution in [1.29, 1.82) is 0 Å². The first-order valence-corrected chi connectivity index (χ1v) is 11.1. The zero-order chi connectivity index (χ0) is 20.8. The molecule has 1 aliphatic carbocycles. The topological polar surface area (TPSA) is 92.6 Å². The number of nitrogens with zero attached hydrogens (tertiary/aromatic N) is 4. The molecule has 0 bridgehead atoms. The predicted molar refractivity (Wildman–Crippen MR) is 106 cm³/mol. The number of hydrogen-bond acceptors (Lipinski definition) is 5. The summed E-state index contributed by atoms with van der Waals surface area (Å²) in [6, 6.07) is 5.99. The van der Waals surface area contributed by atoms with Crippen molar-refractivity contribution in [1.82, 2.24) is 19.0 Å². The number of carbonyl (C=O) groups excluding carboxylic acids is 2. The Hall–Kier alpha value is -2.52. The minimum atomic E-state index is -3.64. The molecule has 1 saturated heterocycles. The van der Waals surface area contributed by atoms with Crippen LogP contribution in [0.25, 0.3) is 0 Å². The third-order valence-corrected chi connectivity index (χ3v) is 7.62. The van der Waals surface area contributed by atoms with Crippen LogP contribution in [0.1, 0.15) is 35.2 Å². The highest BCUT2D eigenvalue weighted by atomic mass is 32.2. The largest absolute Gasteiger partial charge is 0.340 e. The number of Topliss-reactive ketones (excluding diaryl/α,β-unsaturated/α-hetero) is 1. The molecule has 2 unspecified atom stereocenters. The number of piperazine rings is 1. The van der Waals surface area contributed by atoms with Crippen LogP contribution < -0.4 is 0 Å². The average molecular weight is 417 g/mol. The maximum atomic E-state index is 12.9. The number of carbonyl (C=O) groups is 2. The summed E-state index contributed by atoms with van der Waals surface area (Å²) in [5, 5.41) is 4.16. The number of hydrogen-bond donors (Lipinski definition) is 0. The molecule has 0 radical (unpaired) electrons. The second-order valence-corrected chi connectivity index (χ2v) is 9.64. The SMILES string of the molecule is CC(=O)c1ccc(S(=O)(=O)N2CCN(C(=O)C3CC3c3cnn(C)c3)CC2)cc1. The standard InChI is InChI=1S/C20H24N4O4S/c1-14(25)15-3-5-17(6-4-15)29(27,28)24-9-7-23(8-10-24)20(26)19-11-18(19)16-12-21-22(2)13-16/h3-6,12-13,18-19H,7-11H2,1-2H3. The number of aromatic nitrogens is 2. The molecule has 2 atom stereocenters. The van der Waals surface area contributed by atoms with E-state index in [0.29, 0.717) is 18.7 Å². The molecule has 1 aromatic heterocycles. The lowest BCUT2D eigenvalue weighted by Gasteiger charge is -2.34. The molecule has 2 fully saturated rings. The van der Waals surface area contributed by atoms with E-state index < -0.39 is 10.0 Å². The van der Waals surface area contributed by atoms with E-state index in [-0.39, 0.29) is 41.5 Å². The molecule has 1 amide bonds. The Morgan fingerprint density at radius 2 is 1.72 bits per heavy atom. The molecule has 0 spiro atoms. The molecular formula is C20H24N4O4S. The lowest BCUT2D eigenvalue weighted by atomic mass is 10.2. The van der Waals surface area contributed by atoms with Crippen LogP contribution in [0.15, 0.2) is 41.6 Å². The number of benzene rings is 1. The lowest BCUT2D eigenvalue weighted by Crippen LogP contribution is -2.51. The van der Waals surface area contributed by atoms with Crippen LogP contribution in [-0.2, 0) is 21.9 Å². The molecule has 2 heterocycles. The van der Waals surface area contributed by atoms with Crippen molar-refractivity contribution in [2.75, 3.05) is 26.2 Å². The summed E-state index contributed by atoms with van der Waals surface area (Å²) in [5.74, 6) is 0.187. The Labute approximate surface area is 170 Å². The van der Waals surface area contributed by atoms with Gasteiger partial charge in [0, 0.05) is 50.9 Å². The Morgan fingerprint density at radius 1 is 1.07 bits per heavy atom. The van der Waals surface area contributed by atoms with E-state index in [0.717, 1.165) is 12.0 Å². The highest BCUT2D eigenvalue weighted by Crippen LogP contribution is 2.48. The van der Waals surface area contributed by atoms with Crippen LogP contribution in [0.4, 0.5) is 0 Å². The van der Waals surface area contributed by atoms with E-state index in [1.54, 1.807) is 15.8 Å². The van der Waals surface area contributed by atoms with Crippen LogP contribution in [0.2, 0.25) is 0 Å². The van der Waals surface area contributed by atoms with Crippen molar-refractivity contribution in [3.05, 3.63) is 47.8 Å². The van der Waals surface area contributed by atoms with Crippen molar-refractivity contribution < 1.29 is 18.0 Å². The number of rotatable bonds is 5. The molecular weight excluding hydrogens is 392 g/mol. The van der Waals surface area contributed by atoms with Gasteiger partial charge in [-0.3, -0.25) is 14.3 Å². The van der Waals surface area contributed by atoms with Crippen molar-refractivity contribution >= 4 is 21.7 Å². The number of sulfonamides is 1.